The summed E-state index contributed by atoms with van der Waals surface area (Å²) in [6, 6.07) is 10.1. The SMILES string of the molecule is CCOC(=O)CCC(=O)Nc1cccc(NC(=O)c2cccnc2)c1. The molecule has 1 aromatic carbocycles. The molecule has 1 aromatic heterocycles. The topological polar surface area (TPSA) is 97.4 Å². The number of nitrogens with one attached hydrogen (secondary N) is 2. The lowest BCUT2D eigenvalue weighted by atomic mass is 10.2. The van der Waals surface area contributed by atoms with Crippen molar-refractivity contribution in [3.05, 3.63) is 54.4 Å². The van der Waals surface area contributed by atoms with E-state index >= 15 is 0 Å². The first-order valence-corrected chi connectivity index (χ1v) is 7.85. The van der Waals surface area contributed by atoms with E-state index in [1.165, 1.54) is 6.20 Å². The maximum atomic E-state index is 12.1. The molecule has 7 heteroatoms. The van der Waals surface area contributed by atoms with Gasteiger partial charge in [0.25, 0.3) is 5.91 Å². The molecular weight excluding hydrogens is 322 g/mol. The standard InChI is InChI=1S/C18H19N3O4/c1-2-25-17(23)9-8-16(22)20-14-6-3-7-15(11-14)21-18(24)13-5-4-10-19-12-13/h3-7,10-12H,2,8-9H2,1H3,(H,20,22)(H,21,24). The Morgan fingerprint density at radius 3 is 2.48 bits per heavy atom. The van der Waals surface area contributed by atoms with Gasteiger partial charge in [-0.05, 0) is 37.3 Å². The van der Waals surface area contributed by atoms with Gasteiger partial charge in [-0.2, -0.15) is 0 Å². The summed E-state index contributed by atoms with van der Waals surface area (Å²) in [4.78, 5) is 39.1. The van der Waals surface area contributed by atoms with Crippen molar-refractivity contribution in [3.63, 3.8) is 0 Å². The molecule has 25 heavy (non-hydrogen) atoms. The molecule has 0 spiro atoms. The Labute approximate surface area is 145 Å². The summed E-state index contributed by atoms with van der Waals surface area (Å²) >= 11 is 0. The second kappa shape index (κ2) is 9.17. The van der Waals surface area contributed by atoms with Crippen molar-refractivity contribution >= 4 is 29.2 Å². The van der Waals surface area contributed by atoms with Crippen LogP contribution in [0.2, 0.25) is 0 Å². The molecule has 1 heterocycles. The molecule has 0 radical (unpaired) electrons. The van der Waals surface area contributed by atoms with Crippen LogP contribution in [-0.2, 0) is 14.3 Å². The van der Waals surface area contributed by atoms with E-state index in [2.05, 4.69) is 15.6 Å². The number of pyridine rings is 1. The zero-order chi connectivity index (χ0) is 18.1. The molecule has 130 valence electrons. The van der Waals surface area contributed by atoms with Crippen molar-refractivity contribution in [2.24, 2.45) is 0 Å². The predicted molar refractivity (Wildman–Crippen MR) is 93.1 cm³/mol. The Hall–Kier alpha value is -3.22. The number of carbonyl (C=O) groups excluding carboxylic acids is 3. The van der Waals surface area contributed by atoms with Gasteiger partial charge < -0.3 is 15.4 Å². The minimum absolute atomic E-state index is 0.0249. The Bertz CT molecular complexity index is 747. The van der Waals surface area contributed by atoms with E-state index in [1.807, 2.05) is 0 Å². The Balaban J connectivity index is 1.91. The van der Waals surface area contributed by atoms with Crippen LogP contribution in [0.4, 0.5) is 11.4 Å². The van der Waals surface area contributed by atoms with Gasteiger partial charge in [0.2, 0.25) is 5.91 Å². The highest BCUT2D eigenvalue weighted by Gasteiger charge is 2.09. The third-order valence-corrected chi connectivity index (χ3v) is 3.19. The van der Waals surface area contributed by atoms with Crippen molar-refractivity contribution in [1.82, 2.24) is 4.98 Å². The van der Waals surface area contributed by atoms with Gasteiger partial charge in [0.1, 0.15) is 0 Å². The molecule has 0 aliphatic rings. The fraction of sp³-hybridized carbons (Fsp3) is 0.222. The lowest BCUT2D eigenvalue weighted by molar-refractivity contribution is -0.144. The van der Waals surface area contributed by atoms with E-state index in [0.29, 0.717) is 23.5 Å². The number of anilines is 2. The summed E-state index contributed by atoms with van der Waals surface area (Å²) in [6.45, 7) is 2.00. The molecule has 0 aliphatic heterocycles. The highest BCUT2D eigenvalue weighted by Crippen LogP contribution is 2.16. The molecule has 0 atom stereocenters. The van der Waals surface area contributed by atoms with E-state index in [4.69, 9.17) is 4.74 Å². The van der Waals surface area contributed by atoms with E-state index in [1.54, 1.807) is 49.5 Å². The predicted octanol–water partition coefficient (Wildman–Crippen LogP) is 2.62. The molecule has 0 fully saturated rings. The van der Waals surface area contributed by atoms with Crippen LogP contribution < -0.4 is 10.6 Å². The van der Waals surface area contributed by atoms with Crippen LogP contribution in [0.5, 0.6) is 0 Å². The van der Waals surface area contributed by atoms with Gasteiger partial charge in [-0.1, -0.05) is 6.07 Å². The first kappa shape index (κ1) is 18.1. The van der Waals surface area contributed by atoms with Gasteiger partial charge in [-0.25, -0.2) is 0 Å². The molecule has 0 saturated carbocycles. The number of amides is 2. The highest BCUT2D eigenvalue weighted by atomic mass is 16.5. The minimum Gasteiger partial charge on any atom is -0.466 e. The summed E-state index contributed by atoms with van der Waals surface area (Å²) in [5.74, 6) is -1.00. The van der Waals surface area contributed by atoms with Gasteiger partial charge >= 0.3 is 5.97 Å². The first-order valence-electron chi connectivity index (χ1n) is 7.85. The second-order valence-corrected chi connectivity index (χ2v) is 5.13. The van der Waals surface area contributed by atoms with Gasteiger partial charge in [0.15, 0.2) is 0 Å². The van der Waals surface area contributed by atoms with Crippen molar-refractivity contribution in [2.45, 2.75) is 19.8 Å². The smallest absolute Gasteiger partial charge is 0.306 e. The zero-order valence-corrected chi connectivity index (χ0v) is 13.8. The number of hydrogen-bond acceptors (Lipinski definition) is 5. The number of rotatable bonds is 7. The van der Waals surface area contributed by atoms with Crippen LogP contribution >= 0.6 is 0 Å². The molecule has 0 unspecified atom stereocenters. The average molecular weight is 341 g/mol. The Morgan fingerprint density at radius 2 is 1.80 bits per heavy atom. The molecular formula is C18H19N3O4. The molecule has 2 aromatic rings. The molecule has 2 N–H and O–H groups in total. The van der Waals surface area contributed by atoms with Gasteiger partial charge in [0, 0.05) is 30.2 Å². The monoisotopic (exact) mass is 341 g/mol. The fourth-order valence-corrected chi connectivity index (χ4v) is 2.05. The van der Waals surface area contributed by atoms with Gasteiger partial charge in [0.05, 0.1) is 18.6 Å². The second-order valence-electron chi connectivity index (χ2n) is 5.13. The van der Waals surface area contributed by atoms with Gasteiger partial charge in [-0.15, -0.1) is 0 Å². The average Bonchev–Trinajstić information content (AvgIpc) is 2.61. The number of aromatic nitrogens is 1. The fourth-order valence-electron chi connectivity index (χ4n) is 2.05. The Morgan fingerprint density at radius 1 is 1.04 bits per heavy atom. The summed E-state index contributed by atoms with van der Waals surface area (Å²) < 4.78 is 4.78. The molecule has 7 nitrogen and oxygen atoms in total. The van der Waals surface area contributed by atoms with Crippen LogP contribution in [-0.4, -0.2) is 29.4 Å². The summed E-state index contributed by atoms with van der Waals surface area (Å²) in [6.07, 6.45) is 3.11. The maximum absolute atomic E-state index is 12.1. The Kier molecular flexibility index (Phi) is 6.65. The van der Waals surface area contributed by atoms with Crippen molar-refractivity contribution in [1.29, 1.82) is 0 Å². The summed E-state index contributed by atoms with van der Waals surface area (Å²) in [5, 5.41) is 5.42. The molecule has 2 rings (SSSR count). The maximum Gasteiger partial charge on any atom is 0.306 e. The molecule has 2 amide bonds. The number of benzene rings is 1. The number of esters is 1. The first-order chi connectivity index (χ1) is 12.1. The van der Waals surface area contributed by atoms with Crippen LogP contribution in [0, 0.1) is 0 Å². The van der Waals surface area contributed by atoms with Crippen LogP contribution in [0.3, 0.4) is 0 Å². The van der Waals surface area contributed by atoms with Crippen molar-refractivity contribution in [2.75, 3.05) is 17.2 Å². The lowest BCUT2D eigenvalue weighted by Gasteiger charge is -2.09. The summed E-state index contributed by atoms with van der Waals surface area (Å²) in [5.41, 5.74) is 1.50. The van der Waals surface area contributed by atoms with Crippen molar-refractivity contribution in [3.8, 4) is 0 Å². The van der Waals surface area contributed by atoms with Gasteiger partial charge in [-0.3, -0.25) is 19.4 Å². The normalized spacial score (nSPS) is 9.96. The van der Waals surface area contributed by atoms with E-state index in [-0.39, 0.29) is 24.7 Å². The third kappa shape index (κ3) is 6.06. The third-order valence-electron chi connectivity index (χ3n) is 3.19. The lowest BCUT2D eigenvalue weighted by Crippen LogP contribution is -2.15. The van der Waals surface area contributed by atoms with Crippen LogP contribution in [0.15, 0.2) is 48.8 Å². The minimum atomic E-state index is -0.407. The number of nitrogens with zero attached hydrogens (tertiary/aromatic N) is 1. The zero-order valence-electron chi connectivity index (χ0n) is 13.8. The van der Waals surface area contributed by atoms with Crippen LogP contribution in [0.25, 0.3) is 0 Å². The quantitative estimate of drug-likeness (QED) is 0.755. The van der Waals surface area contributed by atoms with Crippen LogP contribution in [0.1, 0.15) is 30.1 Å². The van der Waals surface area contributed by atoms with E-state index in [0.717, 1.165) is 0 Å². The summed E-state index contributed by atoms with van der Waals surface area (Å²) in [7, 11) is 0. The van der Waals surface area contributed by atoms with E-state index < -0.39 is 5.97 Å². The molecule has 0 aliphatic carbocycles. The highest BCUT2D eigenvalue weighted by molar-refractivity contribution is 6.04. The van der Waals surface area contributed by atoms with E-state index in [9.17, 15) is 14.4 Å². The molecule has 0 saturated heterocycles. The number of hydrogen-bond donors (Lipinski definition) is 2. The number of ether oxygens (including phenoxy) is 1. The molecule has 0 bridgehead atoms. The number of carbonyl (C=O) groups is 3. The largest absolute Gasteiger partial charge is 0.466 e. The van der Waals surface area contributed by atoms with Crippen molar-refractivity contribution < 1.29 is 19.1 Å².